The van der Waals surface area contributed by atoms with Crippen molar-refractivity contribution in [1.82, 2.24) is 9.88 Å². The molecule has 3 aromatic carbocycles. The molecule has 1 fully saturated rings. The van der Waals surface area contributed by atoms with Crippen molar-refractivity contribution >= 4 is 34.3 Å². The fourth-order valence-electron chi connectivity index (χ4n) is 5.53. The van der Waals surface area contributed by atoms with Crippen LogP contribution in [-0.4, -0.2) is 34.3 Å². The molecule has 224 valence electrons. The van der Waals surface area contributed by atoms with Crippen LogP contribution in [0.25, 0.3) is 10.9 Å². The smallest absolute Gasteiger partial charge is 0.366 e. The summed E-state index contributed by atoms with van der Waals surface area (Å²) in [4.78, 5) is 32.0. The van der Waals surface area contributed by atoms with Crippen LogP contribution in [0.15, 0.2) is 72.8 Å². The van der Waals surface area contributed by atoms with Crippen LogP contribution < -0.4 is 5.73 Å². The number of rotatable bonds is 5. The van der Waals surface area contributed by atoms with Crippen molar-refractivity contribution in [2.45, 2.75) is 43.6 Å². The Morgan fingerprint density at radius 1 is 0.907 bits per heavy atom. The molecule has 2 amide bonds. The van der Waals surface area contributed by atoms with E-state index in [1.807, 2.05) is 0 Å². The molecule has 4 aromatic rings. The highest BCUT2D eigenvalue weighted by Crippen LogP contribution is 2.39. The number of aromatic nitrogens is 1. The van der Waals surface area contributed by atoms with Gasteiger partial charge in [0.1, 0.15) is 0 Å². The third-order valence-corrected chi connectivity index (χ3v) is 7.87. The van der Waals surface area contributed by atoms with Crippen LogP contribution in [0, 0.1) is 0 Å². The zero-order valence-electron chi connectivity index (χ0n) is 22.3. The molecule has 0 radical (unpaired) electrons. The Hall–Kier alpha value is -4.12. The van der Waals surface area contributed by atoms with Crippen molar-refractivity contribution in [3.8, 4) is 0 Å². The fraction of sp³-hybridized carbons (Fsp3) is 0.258. The zero-order valence-corrected chi connectivity index (χ0v) is 23.1. The van der Waals surface area contributed by atoms with E-state index in [1.54, 1.807) is 54.6 Å². The number of piperidine rings is 1. The van der Waals surface area contributed by atoms with E-state index in [0.29, 0.717) is 40.2 Å². The molecular formula is C31H24ClF6N3O2. The van der Waals surface area contributed by atoms with Gasteiger partial charge in [0.05, 0.1) is 22.2 Å². The van der Waals surface area contributed by atoms with Crippen molar-refractivity contribution in [3.63, 3.8) is 0 Å². The van der Waals surface area contributed by atoms with Gasteiger partial charge in [-0.15, -0.1) is 0 Å². The molecule has 1 aliphatic heterocycles. The number of amides is 2. The highest BCUT2D eigenvalue weighted by molar-refractivity contribution is 6.30. The van der Waals surface area contributed by atoms with Crippen LogP contribution in [0.4, 0.5) is 26.3 Å². The average Bonchev–Trinajstić information content (AvgIpc) is 2.96. The third kappa shape index (κ3) is 6.61. The van der Waals surface area contributed by atoms with Crippen molar-refractivity contribution in [1.29, 1.82) is 0 Å². The second-order valence-corrected chi connectivity index (χ2v) is 10.9. The molecule has 2 atom stereocenters. The number of fused-ring (bicyclic) bond motifs is 1. The number of para-hydroxylation sites is 1. The highest BCUT2D eigenvalue weighted by Gasteiger charge is 2.39. The maximum Gasteiger partial charge on any atom is 0.416 e. The first-order valence-electron chi connectivity index (χ1n) is 13.2. The summed E-state index contributed by atoms with van der Waals surface area (Å²) >= 11 is 6.01. The lowest BCUT2D eigenvalue weighted by Crippen LogP contribution is -2.47. The van der Waals surface area contributed by atoms with Gasteiger partial charge in [0.15, 0.2) is 0 Å². The predicted octanol–water partition coefficient (Wildman–Crippen LogP) is 7.66. The second-order valence-electron chi connectivity index (χ2n) is 10.5. The van der Waals surface area contributed by atoms with E-state index in [1.165, 1.54) is 4.90 Å². The Morgan fingerprint density at radius 2 is 1.53 bits per heavy atom. The maximum atomic E-state index is 13.7. The summed E-state index contributed by atoms with van der Waals surface area (Å²) in [7, 11) is 0. The molecule has 1 aliphatic rings. The molecule has 5 nitrogen and oxygen atoms in total. The first kappa shape index (κ1) is 30.3. The summed E-state index contributed by atoms with van der Waals surface area (Å²) in [6, 6.07) is 15.6. The molecule has 0 saturated carbocycles. The van der Waals surface area contributed by atoms with E-state index in [9.17, 15) is 35.9 Å². The number of hydrogen-bond donors (Lipinski definition) is 1. The molecule has 43 heavy (non-hydrogen) atoms. The van der Waals surface area contributed by atoms with E-state index in [0.717, 1.165) is 5.56 Å². The highest BCUT2D eigenvalue weighted by atomic mass is 35.5. The molecule has 1 saturated heterocycles. The van der Waals surface area contributed by atoms with E-state index >= 15 is 0 Å². The van der Waals surface area contributed by atoms with Gasteiger partial charge in [-0.1, -0.05) is 41.9 Å². The summed E-state index contributed by atoms with van der Waals surface area (Å²) in [6.45, 7) is 0.0275. The molecule has 2 N–H and O–H groups in total. The number of likely N-dealkylation sites (tertiary alicyclic amines) is 1. The number of halogens is 7. The minimum absolute atomic E-state index is 0.00404. The Labute approximate surface area is 247 Å². The van der Waals surface area contributed by atoms with Crippen LogP contribution in [0.3, 0.4) is 0 Å². The van der Waals surface area contributed by atoms with Crippen LogP contribution in [0.5, 0.6) is 0 Å². The van der Waals surface area contributed by atoms with E-state index in [2.05, 4.69) is 0 Å². The predicted molar refractivity (Wildman–Crippen MR) is 149 cm³/mol. The minimum Gasteiger partial charge on any atom is -0.366 e. The van der Waals surface area contributed by atoms with Gasteiger partial charge in [0.2, 0.25) is 5.91 Å². The summed E-state index contributed by atoms with van der Waals surface area (Å²) in [5.41, 5.74) is 3.95. The van der Waals surface area contributed by atoms with Gasteiger partial charge in [-0.3, -0.25) is 14.6 Å². The molecule has 5 rings (SSSR count). The topological polar surface area (TPSA) is 76.3 Å². The van der Waals surface area contributed by atoms with Crippen LogP contribution in [0.1, 0.15) is 61.9 Å². The van der Waals surface area contributed by atoms with Gasteiger partial charge >= 0.3 is 12.4 Å². The lowest BCUT2D eigenvalue weighted by Gasteiger charge is -2.40. The Bertz CT molecular complexity index is 1660. The number of carbonyl (C=O) groups is 2. The molecule has 0 aliphatic carbocycles. The van der Waals surface area contributed by atoms with Crippen molar-refractivity contribution in [2.24, 2.45) is 5.73 Å². The molecule has 2 unspecified atom stereocenters. The van der Waals surface area contributed by atoms with Crippen LogP contribution in [-0.2, 0) is 18.8 Å². The third-order valence-electron chi connectivity index (χ3n) is 7.62. The molecule has 0 bridgehead atoms. The lowest BCUT2D eigenvalue weighted by atomic mass is 9.84. The number of pyridine rings is 1. The van der Waals surface area contributed by atoms with Crippen molar-refractivity contribution in [2.75, 3.05) is 6.54 Å². The number of carbonyl (C=O) groups excluding carboxylic acids is 2. The van der Waals surface area contributed by atoms with Crippen LogP contribution >= 0.6 is 11.6 Å². The number of nitrogens with zero attached hydrogens (tertiary/aromatic N) is 2. The first-order chi connectivity index (χ1) is 20.2. The van der Waals surface area contributed by atoms with E-state index in [4.69, 9.17) is 22.3 Å². The molecular weight excluding hydrogens is 596 g/mol. The normalized spacial score (nSPS) is 17.7. The number of alkyl halides is 6. The number of benzene rings is 3. The summed E-state index contributed by atoms with van der Waals surface area (Å²) < 4.78 is 81.2. The fourth-order valence-corrected chi connectivity index (χ4v) is 5.65. The first-order valence-corrected chi connectivity index (χ1v) is 13.6. The van der Waals surface area contributed by atoms with Crippen molar-refractivity contribution < 1.29 is 35.9 Å². The zero-order chi connectivity index (χ0) is 31.1. The largest absolute Gasteiger partial charge is 0.416 e. The van der Waals surface area contributed by atoms with Gasteiger partial charge in [0, 0.05) is 40.2 Å². The maximum absolute atomic E-state index is 13.7. The van der Waals surface area contributed by atoms with E-state index < -0.39 is 46.9 Å². The molecule has 2 heterocycles. The summed E-state index contributed by atoms with van der Waals surface area (Å²) in [5, 5.41) is 1.05. The Morgan fingerprint density at radius 3 is 2.14 bits per heavy atom. The average molecular weight is 620 g/mol. The number of primary amides is 1. The number of nitrogens with two attached hydrogens (primary N) is 1. The molecule has 1 aromatic heterocycles. The van der Waals surface area contributed by atoms with Gasteiger partial charge in [-0.25, -0.2) is 0 Å². The van der Waals surface area contributed by atoms with Crippen molar-refractivity contribution in [3.05, 3.63) is 111 Å². The molecule has 0 spiro atoms. The lowest BCUT2D eigenvalue weighted by molar-refractivity contribution is -0.143. The van der Waals surface area contributed by atoms with E-state index in [-0.39, 0.29) is 36.9 Å². The second kappa shape index (κ2) is 11.5. The quantitative estimate of drug-likeness (QED) is 0.233. The molecule has 12 heteroatoms. The van der Waals surface area contributed by atoms with Gasteiger partial charge in [-0.05, 0) is 67.3 Å². The van der Waals surface area contributed by atoms with Gasteiger partial charge < -0.3 is 10.6 Å². The SMILES string of the molecule is NC(=O)c1cc(C2CCN(C(=O)c3cc(C(F)(F)F)cc(C(F)(F)F)c3)C(Cc3ccc(Cl)cc3)C2)nc2ccccc12. The standard InChI is InChI=1S/C31H24ClF6N3O2/c32-22-7-5-17(6-8-22)11-23-14-18(27-16-25(28(39)42)24-3-1-2-4-26(24)40-27)9-10-41(23)29(43)19-12-20(30(33,34)35)15-21(13-19)31(36,37)38/h1-8,12-13,15-16,18,23H,9-11,14H2,(H2,39,42). The monoisotopic (exact) mass is 619 g/mol. The summed E-state index contributed by atoms with van der Waals surface area (Å²) in [6.07, 6.45) is -9.35. The number of hydrogen-bond acceptors (Lipinski definition) is 3. The van der Waals surface area contributed by atoms with Gasteiger partial charge in [0.25, 0.3) is 5.91 Å². The Balaban J connectivity index is 1.53. The minimum atomic E-state index is -5.09. The van der Waals surface area contributed by atoms with Gasteiger partial charge in [-0.2, -0.15) is 26.3 Å². The summed E-state index contributed by atoms with van der Waals surface area (Å²) in [5.74, 6) is -1.87. The Kier molecular flexibility index (Phi) is 8.13. The van der Waals surface area contributed by atoms with Crippen LogP contribution in [0.2, 0.25) is 5.02 Å².